The Hall–Kier alpha value is -0.0900. The van der Waals surface area contributed by atoms with Crippen LogP contribution in [0.3, 0.4) is 0 Å². The van der Waals surface area contributed by atoms with Gasteiger partial charge in [-0.05, 0) is 44.0 Å². The summed E-state index contributed by atoms with van der Waals surface area (Å²) in [6, 6.07) is 5.92. The molecule has 0 amide bonds. The summed E-state index contributed by atoms with van der Waals surface area (Å²) in [6.07, 6.45) is 1.29. The summed E-state index contributed by atoms with van der Waals surface area (Å²) in [5, 5.41) is 4.36. The molecule has 2 atom stereocenters. The third kappa shape index (κ3) is 3.02. The van der Waals surface area contributed by atoms with E-state index in [9.17, 15) is 0 Å². The van der Waals surface area contributed by atoms with Crippen molar-refractivity contribution < 1.29 is 4.74 Å². The third-order valence-electron chi connectivity index (χ3n) is 3.58. The minimum atomic E-state index is 0.0473. The highest BCUT2D eigenvalue weighted by molar-refractivity contribution is 9.10. The molecular weight excluding hydrogens is 302 g/mol. The van der Waals surface area contributed by atoms with E-state index in [1.165, 1.54) is 0 Å². The highest BCUT2D eigenvalue weighted by Crippen LogP contribution is 2.27. The second-order valence-electron chi connectivity index (χ2n) is 4.77. The average Bonchev–Trinajstić information content (AvgIpc) is 2.61. The number of hydrogen-bond donors (Lipinski definition) is 1. The maximum Gasteiger partial charge on any atom is 0.0726 e. The number of ether oxygens (including phenoxy) is 1. The quantitative estimate of drug-likeness (QED) is 0.916. The van der Waals surface area contributed by atoms with E-state index < -0.39 is 0 Å². The van der Waals surface area contributed by atoms with E-state index in [1.807, 2.05) is 12.1 Å². The van der Waals surface area contributed by atoms with Crippen LogP contribution in [-0.2, 0) is 11.3 Å². The molecule has 0 spiro atoms. The first-order chi connectivity index (χ1) is 8.01. The van der Waals surface area contributed by atoms with Crippen molar-refractivity contribution in [3.05, 3.63) is 33.3 Å². The molecular formula is C13H17BrClNO. The van der Waals surface area contributed by atoms with Gasteiger partial charge >= 0.3 is 0 Å². The molecule has 94 valence electrons. The summed E-state index contributed by atoms with van der Waals surface area (Å²) in [4.78, 5) is 0. The number of rotatable bonds is 3. The highest BCUT2D eigenvalue weighted by Gasteiger charge is 2.36. The van der Waals surface area contributed by atoms with Gasteiger partial charge in [0.05, 0.1) is 6.10 Å². The average molecular weight is 319 g/mol. The van der Waals surface area contributed by atoms with Gasteiger partial charge in [-0.15, -0.1) is 0 Å². The maximum atomic E-state index is 6.17. The standard InChI is InChI=1S/C13H17BrClNO/c1-9-13(2,5-6-17-9)16-8-10-7-11(14)3-4-12(10)15/h3-4,7,9,16H,5-6,8H2,1-2H3. The monoisotopic (exact) mass is 317 g/mol. The molecule has 4 heteroatoms. The van der Waals surface area contributed by atoms with Crippen molar-refractivity contribution in [1.82, 2.24) is 5.32 Å². The van der Waals surface area contributed by atoms with E-state index in [0.717, 1.165) is 34.6 Å². The second-order valence-corrected chi connectivity index (χ2v) is 6.09. The van der Waals surface area contributed by atoms with Gasteiger partial charge in [-0.2, -0.15) is 0 Å². The van der Waals surface area contributed by atoms with Gasteiger partial charge < -0.3 is 10.1 Å². The van der Waals surface area contributed by atoms with Crippen molar-refractivity contribution in [1.29, 1.82) is 0 Å². The molecule has 0 aromatic heterocycles. The Morgan fingerprint density at radius 1 is 1.59 bits per heavy atom. The molecule has 2 nitrogen and oxygen atoms in total. The van der Waals surface area contributed by atoms with E-state index in [2.05, 4.69) is 41.2 Å². The molecule has 2 unspecified atom stereocenters. The zero-order chi connectivity index (χ0) is 12.5. The number of benzene rings is 1. The van der Waals surface area contributed by atoms with E-state index in [4.69, 9.17) is 16.3 Å². The fourth-order valence-corrected chi connectivity index (χ4v) is 2.64. The fourth-order valence-electron chi connectivity index (χ4n) is 2.04. The van der Waals surface area contributed by atoms with Crippen LogP contribution in [0.4, 0.5) is 0 Å². The summed E-state index contributed by atoms with van der Waals surface area (Å²) in [6.45, 7) is 5.92. The Morgan fingerprint density at radius 3 is 3.00 bits per heavy atom. The van der Waals surface area contributed by atoms with Crippen LogP contribution in [0, 0.1) is 0 Å². The minimum absolute atomic E-state index is 0.0473. The molecule has 17 heavy (non-hydrogen) atoms. The molecule has 0 bridgehead atoms. The lowest BCUT2D eigenvalue weighted by Gasteiger charge is -2.29. The van der Waals surface area contributed by atoms with Gasteiger partial charge in [0.1, 0.15) is 0 Å². The van der Waals surface area contributed by atoms with Crippen molar-refractivity contribution in [2.24, 2.45) is 0 Å². The zero-order valence-electron chi connectivity index (χ0n) is 10.1. The van der Waals surface area contributed by atoms with E-state index in [0.29, 0.717) is 0 Å². The van der Waals surface area contributed by atoms with Gasteiger partial charge in [-0.3, -0.25) is 0 Å². The first-order valence-electron chi connectivity index (χ1n) is 5.82. The van der Waals surface area contributed by atoms with Gasteiger partial charge in [-0.25, -0.2) is 0 Å². The summed E-state index contributed by atoms with van der Waals surface area (Å²) in [5.41, 5.74) is 1.16. The molecule has 2 rings (SSSR count). The lowest BCUT2D eigenvalue weighted by atomic mass is 9.94. The van der Waals surface area contributed by atoms with Crippen LogP contribution in [0.2, 0.25) is 5.02 Å². The zero-order valence-corrected chi connectivity index (χ0v) is 12.4. The minimum Gasteiger partial charge on any atom is -0.377 e. The van der Waals surface area contributed by atoms with Gasteiger partial charge in [0.25, 0.3) is 0 Å². The molecule has 1 aliphatic heterocycles. The second kappa shape index (κ2) is 5.27. The Bertz CT molecular complexity index is 412. The smallest absolute Gasteiger partial charge is 0.0726 e. The normalized spacial score (nSPS) is 28.6. The van der Waals surface area contributed by atoms with Gasteiger partial charge in [-0.1, -0.05) is 27.5 Å². The first kappa shape index (κ1) is 13.3. The lowest BCUT2D eigenvalue weighted by Crippen LogP contribution is -2.47. The Kier molecular flexibility index (Phi) is 4.14. The molecule has 1 aromatic rings. The molecule has 0 radical (unpaired) electrons. The van der Waals surface area contributed by atoms with Gasteiger partial charge in [0.2, 0.25) is 0 Å². The summed E-state index contributed by atoms with van der Waals surface area (Å²) < 4.78 is 6.66. The molecule has 1 saturated heterocycles. The summed E-state index contributed by atoms with van der Waals surface area (Å²) in [5.74, 6) is 0. The van der Waals surface area contributed by atoms with Crippen molar-refractivity contribution in [2.75, 3.05) is 6.61 Å². The number of nitrogens with one attached hydrogen (secondary N) is 1. The van der Waals surface area contributed by atoms with Crippen molar-refractivity contribution >= 4 is 27.5 Å². The van der Waals surface area contributed by atoms with Gasteiger partial charge in [0, 0.05) is 28.2 Å². The largest absolute Gasteiger partial charge is 0.377 e. The van der Waals surface area contributed by atoms with E-state index in [1.54, 1.807) is 0 Å². The van der Waals surface area contributed by atoms with Crippen molar-refractivity contribution in [3.8, 4) is 0 Å². The molecule has 1 fully saturated rings. The van der Waals surface area contributed by atoms with Crippen LogP contribution in [0.5, 0.6) is 0 Å². The third-order valence-corrected chi connectivity index (χ3v) is 4.44. The van der Waals surface area contributed by atoms with Crippen LogP contribution in [0.15, 0.2) is 22.7 Å². The Balaban J connectivity index is 2.04. The SMILES string of the molecule is CC1OCCC1(C)NCc1cc(Br)ccc1Cl. The molecule has 1 heterocycles. The predicted molar refractivity (Wildman–Crippen MR) is 74.4 cm³/mol. The van der Waals surface area contributed by atoms with Crippen molar-refractivity contribution in [2.45, 2.75) is 38.5 Å². The molecule has 1 aromatic carbocycles. The number of hydrogen-bond acceptors (Lipinski definition) is 2. The van der Waals surface area contributed by atoms with Crippen LogP contribution >= 0.6 is 27.5 Å². The lowest BCUT2D eigenvalue weighted by molar-refractivity contribution is 0.0881. The Morgan fingerprint density at radius 2 is 2.35 bits per heavy atom. The molecule has 1 N–H and O–H groups in total. The summed E-state index contributed by atoms with van der Waals surface area (Å²) in [7, 11) is 0. The van der Waals surface area contributed by atoms with Crippen LogP contribution in [0.1, 0.15) is 25.8 Å². The summed E-state index contributed by atoms with van der Waals surface area (Å²) >= 11 is 9.64. The van der Waals surface area contributed by atoms with Crippen LogP contribution in [0.25, 0.3) is 0 Å². The highest BCUT2D eigenvalue weighted by atomic mass is 79.9. The first-order valence-corrected chi connectivity index (χ1v) is 6.99. The number of halogens is 2. The van der Waals surface area contributed by atoms with Crippen molar-refractivity contribution in [3.63, 3.8) is 0 Å². The fraction of sp³-hybridized carbons (Fsp3) is 0.538. The predicted octanol–water partition coefficient (Wildman–Crippen LogP) is 3.76. The topological polar surface area (TPSA) is 21.3 Å². The van der Waals surface area contributed by atoms with E-state index in [-0.39, 0.29) is 11.6 Å². The van der Waals surface area contributed by atoms with Crippen LogP contribution < -0.4 is 5.32 Å². The molecule has 1 aliphatic rings. The van der Waals surface area contributed by atoms with Crippen LogP contribution in [-0.4, -0.2) is 18.2 Å². The molecule has 0 aliphatic carbocycles. The van der Waals surface area contributed by atoms with Gasteiger partial charge in [0.15, 0.2) is 0 Å². The maximum absolute atomic E-state index is 6.17. The Labute approximate surface area is 116 Å². The molecule has 0 saturated carbocycles. The van der Waals surface area contributed by atoms with E-state index >= 15 is 0 Å².